The largest absolute Gasteiger partial charge is 0.454 e. The monoisotopic (exact) mass is 408 g/mol. The van der Waals surface area contributed by atoms with Gasteiger partial charge in [-0.1, -0.05) is 29.3 Å². The number of nitro groups is 1. The summed E-state index contributed by atoms with van der Waals surface area (Å²) in [6.45, 7) is 0.269. The van der Waals surface area contributed by atoms with E-state index < -0.39 is 4.92 Å². The quantitative estimate of drug-likeness (QED) is 0.418. The van der Waals surface area contributed by atoms with E-state index in [0.717, 1.165) is 5.56 Å². The van der Waals surface area contributed by atoms with Crippen molar-refractivity contribution in [2.24, 2.45) is 0 Å². The number of amides is 1. The fourth-order valence-electron chi connectivity index (χ4n) is 2.51. The maximum Gasteiger partial charge on any atom is 0.280 e. The molecule has 0 bridgehead atoms. The molecule has 0 saturated heterocycles. The Morgan fingerprint density at radius 1 is 1.26 bits per heavy atom. The molecule has 9 heteroatoms. The van der Waals surface area contributed by atoms with E-state index in [1.54, 1.807) is 25.2 Å². The molecule has 0 atom stereocenters. The van der Waals surface area contributed by atoms with Crippen LogP contribution in [0.3, 0.4) is 0 Å². The van der Waals surface area contributed by atoms with Gasteiger partial charge in [0.05, 0.1) is 16.6 Å². The number of halogens is 2. The van der Waals surface area contributed by atoms with Crippen LogP contribution in [0.5, 0.6) is 11.5 Å². The molecule has 0 radical (unpaired) electrons. The van der Waals surface area contributed by atoms with Crippen molar-refractivity contribution in [3.8, 4) is 11.5 Å². The van der Waals surface area contributed by atoms with Gasteiger partial charge < -0.3 is 14.4 Å². The van der Waals surface area contributed by atoms with Crippen LogP contribution in [0.15, 0.2) is 36.4 Å². The fraction of sp³-hybridized carbons (Fsp3) is 0.167. The van der Waals surface area contributed by atoms with Crippen LogP contribution in [0.4, 0.5) is 5.69 Å². The maximum absolute atomic E-state index is 12.4. The third kappa shape index (κ3) is 4.32. The smallest absolute Gasteiger partial charge is 0.280 e. The second-order valence-electron chi connectivity index (χ2n) is 5.78. The summed E-state index contributed by atoms with van der Waals surface area (Å²) >= 11 is 12.0. The van der Waals surface area contributed by atoms with E-state index in [1.165, 1.54) is 29.2 Å². The highest BCUT2D eigenvalue weighted by molar-refractivity contribution is 6.35. The lowest BCUT2D eigenvalue weighted by Crippen LogP contribution is -2.24. The normalized spacial score (nSPS) is 12.4. The number of nitrogens with zero attached hydrogens (tertiary/aromatic N) is 2. The number of nitro benzene ring substituents is 1. The summed E-state index contributed by atoms with van der Waals surface area (Å²) in [7, 11) is 1.60. The first-order chi connectivity index (χ1) is 12.8. The Morgan fingerprint density at radius 2 is 1.96 bits per heavy atom. The van der Waals surface area contributed by atoms with E-state index in [1.807, 2.05) is 0 Å². The molecule has 1 aliphatic rings. The summed E-state index contributed by atoms with van der Waals surface area (Å²) in [5.41, 5.74) is 0.807. The van der Waals surface area contributed by atoms with Crippen LogP contribution in [0, 0.1) is 10.1 Å². The number of benzene rings is 2. The van der Waals surface area contributed by atoms with Gasteiger partial charge in [0.2, 0.25) is 12.7 Å². The van der Waals surface area contributed by atoms with E-state index in [9.17, 15) is 14.9 Å². The van der Waals surface area contributed by atoms with Gasteiger partial charge in [-0.3, -0.25) is 14.9 Å². The van der Waals surface area contributed by atoms with Gasteiger partial charge in [-0.25, -0.2) is 0 Å². The molecule has 1 amide bonds. The zero-order valence-electron chi connectivity index (χ0n) is 14.1. The summed E-state index contributed by atoms with van der Waals surface area (Å²) in [5.74, 6) is 0.363. The van der Waals surface area contributed by atoms with Crippen LogP contribution in [0.2, 0.25) is 10.0 Å². The summed E-state index contributed by atoms with van der Waals surface area (Å²) in [5, 5.41) is 12.2. The highest BCUT2D eigenvalue weighted by atomic mass is 35.5. The van der Waals surface area contributed by atoms with Gasteiger partial charge in [-0.05, 0) is 29.8 Å². The van der Waals surface area contributed by atoms with Crippen LogP contribution in [0.1, 0.15) is 11.1 Å². The summed E-state index contributed by atoms with van der Waals surface area (Å²) in [6.07, 6.45) is 2.64. The fourth-order valence-corrected chi connectivity index (χ4v) is 2.98. The summed E-state index contributed by atoms with van der Waals surface area (Å²) in [4.78, 5) is 24.5. The van der Waals surface area contributed by atoms with Crippen LogP contribution in [-0.2, 0) is 11.3 Å². The Bertz CT molecular complexity index is 946. The van der Waals surface area contributed by atoms with Crippen molar-refractivity contribution in [3.63, 3.8) is 0 Å². The van der Waals surface area contributed by atoms with Gasteiger partial charge in [-0.15, -0.1) is 0 Å². The Hall–Kier alpha value is -2.77. The lowest BCUT2D eigenvalue weighted by molar-refractivity contribution is -0.385. The Labute approximate surface area is 164 Å². The Morgan fingerprint density at radius 3 is 2.63 bits per heavy atom. The number of rotatable bonds is 5. The number of hydrogen-bond acceptors (Lipinski definition) is 5. The molecule has 0 fully saturated rings. The SMILES string of the molecule is CN(Cc1ccc(Cl)cc1Cl)C(=O)/C=C/c1cc2c(cc1[N+](=O)[O-])OCO2. The van der Waals surface area contributed by atoms with E-state index in [4.69, 9.17) is 32.7 Å². The molecule has 0 unspecified atom stereocenters. The van der Waals surface area contributed by atoms with Crippen molar-refractivity contribution in [2.45, 2.75) is 6.54 Å². The first kappa shape index (κ1) is 19.0. The molecular formula is C18H14Cl2N2O5. The van der Waals surface area contributed by atoms with Crippen molar-refractivity contribution in [1.29, 1.82) is 0 Å². The standard InChI is InChI=1S/C18H14Cl2N2O5/c1-21(9-12-2-4-13(19)7-14(12)20)18(23)5-3-11-6-16-17(27-10-26-16)8-15(11)22(24)25/h2-8H,9-10H2,1H3/b5-3+. The average Bonchev–Trinajstić information content (AvgIpc) is 3.08. The van der Waals surface area contributed by atoms with Gasteiger partial charge in [0.15, 0.2) is 11.5 Å². The highest BCUT2D eigenvalue weighted by Gasteiger charge is 2.22. The highest BCUT2D eigenvalue weighted by Crippen LogP contribution is 2.38. The number of hydrogen-bond donors (Lipinski definition) is 0. The first-order valence-corrected chi connectivity index (χ1v) is 8.56. The third-order valence-corrected chi connectivity index (χ3v) is 4.51. The molecule has 2 aromatic carbocycles. The molecule has 0 aromatic heterocycles. The molecule has 0 N–H and O–H groups in total. The molecule has 27 heavy (non-hydrogen) atoms. The zero-order chi connectivity index (χ0) is 19.6. The minimum Gasteiger partial charge on any atom is -0.454 e. The van der Waals surface area contributed by atoms with Crippen LogP contribution >= 0.6 is 23.2 Å². The molecule has 2 aromatic rings. The minimum atomic E-state index is -0.538. The minimum absolute atomic E-state index is 0.00315. The molecule has 1 heterocycles. The molecule has 1 aliphatic heterocycles. The number of likely N-dealkylation sites (N-methyl/N-ethyl adjacent to an activating group) is 1. The maximum atomic E-state index is 12.4. The molecule has 7 nitrogen and oxygen atoms in total. The number of carbonyl (C=O) groups is 1. The average molecular weight is 409 g/mol. The Kier molecular flexibility index (Phi) is 5.53. The van der Waals surface area contributed by atoms with E-state index in [2.05, 4.69) is 0 Å². The van der Waals surface area contributed by atoms with Crippen molar-refractivity contribution in [1.82, 2.24) is 4.90 Å². The van der Waals surface area contributed by atoms with E-state index in [-0.39, 0.29) is 30.5 Å². The van der Waals surface area contributed by atoms with Gasteiger partial charge in [0, 0.05) is 29.7 Å². The van der Waals surface area contributed by atoms with Crippen molar-refractivity contribution in [3.05, 3.63) is 67.7 Å². The Balaban J connectivity index is 1.77. The van der Waals surface area contributed by atoms with Gasteiger partial charge in [0.25, 0.3) is 5.69 Å². The van der Waals surface area contributed by atoms with Gasteiger partial charge >= 0.3 is 0 Å². The lowest BCUT2D eigenvalue weighted by atomic mass is 10.1. The summed E-state index contributed by atoms with van der Waals surface area (Å²) in [6, 6.07) is 7.78. The third-order valence-electron chi connectivity index (χ3n) is 3.92. The van der Waals surface area contributed by atoms with Gasteiger partial charge in [-0.2, -0.15) is 0 Å². The van der Waals surface area contributed by atoms with Crippen molar-refractivity contribution >= 4 is 40.9 Å². The van der Waals surface area contributed by atoms with Crippen LogP contribution in [-0.4, -0.2) is 29.6 Å². The number of ether oxygens (including phenoxy) is 2. The zero-order valence-corrected chi connectivity index (χ0v) is 15.7. The molecule has 0 spiro atoms. The van der Waals surface area contributed by atoms with E-state index in [0.29, 0.717) is 21.5 Å². The molecule has 140 valence electrons. The van der Waals surface area contributed by atoms with Crippen LogP contribution < -0.4 is 9.47 Å². The second kappa shape index (κ2) is 7.85. The molecule has 0 saturated carbocycles. The molecule has 0 aliphatic carbocycles. The van der Waals surface area contributed by atoms with Gasteiger partial charge in [0.1, 0.15) is 0 Å². The molecular weight excluding hydrogens is 395 g/mol. The second-order valence-corrected chi connectivity index (χ2v) is 6.63. The number of carbonyl (C=O) groups excluding carboxylic acids is 1. The van der Waals surface area contributed by atoms with Crippen LogP contribution in [0.25, 0.3) is 6.08 Å². The molecule has 3 rings (SSSR count). The predicted molar refractivity (Wildman–Crippen MR) is 101 cm³/mol. The number of fused-ring (bicyclic) bond motifs is 1. The summed E-state index contributed by atoms with van der Waals surface area (Å²) < 4.78 is 10.4. The topological polar surface area (TPSA) is 81.9 Å². The van der Waals surface area contributed by atoms with Crippen molar-refractivity contribution in [2.75, 3.05) is 13.8 Å². The van der Waals surface area contributed by atoms with E-state index >= 15 is 0 Å². The lowest BCUT2D eigenvalue weighted by Gasteiger charge is -2.16. The first-order valence-electron chi connectivity index (χ1n) is 7.80. The van der Waals surface area contributed by atoms with Crippen molar-refractivity contribution < 1.29 is 19.2 Å². The predicted octanol–water partition coefficient (Wildman–Crippen LogP) is 4.30.